The van der Waals surface area contributed by atoms with Crippen LogP contribution in [0.2, 0.25) is 5.02 Å². The van der Waals surface area contributed by atoms with Crippen LogP contribution in [-0.4, -0.2) is 23.0 Å². The number of carbonyl (C=O) groups excluding carboxylic acids is 2. The van der Waals surface area contributed by atoms with Crippen molar-refractivity contribution < 1.29 is 14.3 Å². The van der Waals surface area contributed by atoms with Gasteiger partial charge in [0, 0.05) is 11.9 Å². The fourth-order valence-electron chi connectivity index (χ4n) is 1.63. The molecule has 3 N–H and O–H groups in total. The van der Waals surface area contributed by atoms with Gasteiger partial charge in [-0.2, -0.15) is 0 Å². The molecule has 22 heavy (non-hydrogen) atoms. The summed E-state index contributed by atoms with van der Waals surface area (Å²) in [4.78, 5) is 27.8. The number of hydrogen-bond acceptors (Lipinski definition) is 5. The van der Waals surface area contributed by atoms with E-state index >= 15 is 0 Å². The first-order valence-electron chi connectivity index (χ1n) is 6.44. The van der Waals surface area contributed by atoms with Crippen LogP contribution in [-0.2, 0) is 9.53 Å². The molecule has 1 aromatic heterocycles. The monoisotopic (exact) mass is 319 g/mol. The molecule has 2 rings (SSSR count). The van der Waals surface area contributed by atoms with Crippen LogP contribution >= 0.6 is 11.6 Å². The molecule has 7 heteroatoms. The SMILES string of the molecule is CC(OC(=O)c1cccc(N)c1)C(=O)Nc1ccc(Cl)cn1. The first-order chi connectivity index (χ1) is 10.5. The predicted octanol–water partition coefficient (Wildman–Crippen LogP) is 2.50. The molecule has 0 radical (unpaired) electrons. The number of benzene rings is 1. The van der Waals surface area contributed by atoms with Gasteiger partial charge in [0.1, 0.15) is 5.82 Å². The van der Waals surface area contributed by atoms with Gasteiger partial charge in [-0.1, -0.05) is 17.7 Å². The van der Waals surface area contributed by atoms with Gasteiger partial charge in [-0.05, 0) is 37.3 Å². The zero-order chi connectivity index (χ0) is 16.1. The van der Waals surface area contributed by atoms with E-state index in [4.69, 9.17) is 22.1 Å². The van der Waals surface area contributed by atoms with Crippen LogP contribution in [0.5, 0.6) is 0 Å². The molecular formula is C15H14ClN3O3. The van der Waals surface area contributed by atoms with Crippen molar-refractivity contribution in [3.63, 3.8) is 0 Å². The number of nitrogens with two attached hydrogens (primary N) is 1. The van der Waals surface area contributed by atoms with Crippen molar-refractivity contribution >= 4 is 35.0 Å². The van der Waals surface area contributed by atoms with Crippen LogP contribution in [0.15, 0.2) is 42.6 Å². The van der Waals surface area contributed by atoms with Crippen molar-refractivity contribution in [3.05, 3.63) is 53.2 Å². The Morgan fingerprint density at radius 2 is 2.09 bits per heavy atom. The molecule has 0 bridgehead atoms. The fraction of sp³-hybridized carbons (Fsp3) is 0.133. The van der Waals surface area contributed by atoms with Crippen LogP contribution in [0, 0.1) is 0 Å². The molecule has 2 aromatic rings. The lowest BCUT2D eigenvalue weighted by molar-refractivity contribution is -0.123. The molecule has 1 aromatic carbocycles. The summed E-state index contributed by atoms with van der Waals surface area (Å²) >= 11 is 5.71. The van der Waals surface area contributed by atoms with Gasteiger partial charge >= 0.3 is 5.97 Å². The third-order valence-electron chi connectivity index (χ3n) is 2.75. The average Bonchev–Trinajstić information content (AvgIpc) is 2.49. The van der Waals surface area contributed by atoms with Crippen molar-refractivity contribution in [1.29, 1.82) is 0 Å². The molecule has 0 aliphatic rings. The molecule has 0 saturated heterocycles. The lowest BCUT2D eigenvalue weighted by atomic mass is 10.2. The highest BCUT2D eigenvalue weighted by molar-refractivity contribution is 6.30. The van der Waals surface area contributed by atoms with E-state index < -0.39 is 18.0 Å². The topological polar surface area (TPSA) is 94.3 Å². The van der Waals surface area contributed by atoms with Crippen molar-refractivity contribution in [2.24, 2.45) is 0 Å². The van der Waals surface area contributed by atoms with E-state index in [1.807, 2.05) is 0 Å². The maximum atomic E-state index is 11.9. The van der Waals surface area contributed by atoms with Gasteiger partial charge in [-0.15, -0.1) is 0 Å². The smallest absolute Gasteiger partial charge is 0.338 e. The summed E-state index contributed by atoms with van der Waals surface area (Å²) < 4.78 is 5.09. The number of carbonyl (C=O) groups is 2. The minimum atomic E-state index is -0.980. The maximum absolute atomic E-state index is 11.9. The number of aromatic nitrogens is 1. The Hall–Kier alpha value is -2.60. The second-order valence-electron chi connectivity index (χ2n) is 4.52. The van der Waals surface area contributed by atoms with E-state index in [0.29, 0.717) is 16.5 Å². The summed E-state index contributed by atoms with van der Waals surface area (Å²) in [5.74, 6) is -0.799. The highest BCUT2D eigenvalue weighted by Gasteiger charge is 2.19. The van der Waals surface area contributed by atoms with Gasteiger partial charge in [-0.3, -0.25) is 4.79 Å². The standard InChI is InChI=1S/C15H14ClN3O3/c1-9(14(20)19-13-6-5-11(16)8-18-13)22-15(21)10-3-2-4-12(17)7-10/h2-9H,17H2,1H3,(H,18,19,20). The normalized spacial score (nSPS) is 11.5. The molecule has 1 heterocycles. The Labute approximate surface area is 132 Å². The van der Waals surface area contributed by atoms with E-state index in [1.165, 1.54) is 19.2 Å². The molecule has 0 spiro atoms. The van der Waals surface area contributed by atoms with Crippen molar-refractivity contribution in [2.75, 3.05) is 11.1 Å². The molecule has 6 nitrogen and oxygen atoms in total. The Kier molecular flexibility index (Phi) is 4.95. The van der Waals surface area contributed by atoms with Gasteiger partial charge < -0.3 is 15.8 Å². The summed E-state index contributed by atoms with van der Waals surface area (Å²) in [6, 6.07) is 9.46. The zero-order valence-corrected chi connectivity index (χ0v) is 12.5. The molecular weight excluding hydrogens is 306 g/mol. The van der Waals surface area contributed by atoms with Gasteiger partial charge in [0.25, 0.3) is 5.91 Å². The van der Waals surface area contributed by atoms with Crippen molar-refractivity contribution in [1.82, 2.24) is 4.98 Å². The molecule has 0 aliphatic heterocycles. The maximum Gasteiger partial charge on any atom is 0.338 e. The number of anilines is 2. The van der Waals surface area contributed by atoms with Crippen molar-refractivity contribution in [2.45, 2.75) is 13.0 Å². The summed E-state index contributed by atoms with van der Waals surface area (Å²) in [5, 5.41) is 2.98. The van der Waals surface area contributed by atoms with E-state index in [1.54, 1.807) is 30.3 Å². The Morgan fingerprint density at radius 1 is 1.32 bits per heavy atom. The van der Waals surface area contributed by atoms with E-state index in [0.717, 1.165) is 0 Å². The number of hydrogen-bond donors (Lipinski definition) is 2. The predicted molar refractivity (Wildman–Crippen MR) is 83.6 cm³/mol. The van der Waals surface area contributed by atoms with Crippen LogP contribution in [0.3, 0.4) is 0 Å². The molecule has 0 fully saturated rings. The number of pyridine rings is 1. The lowest BCUT2D eigenvalue weighted by Crippen LogP contribution is -2.30. The fourth-order valence-corrected chi connectivity index (χ4v) is 1.74. The van der Waals surface area contributed by atoms with Gasteiger partial charge in [0.15, 0.2) is 6.10 Å². The summed E-state index contributed by atoms with van der Waals surface area (Å²) in [6.07, 6.45) is 0.423. The van der Waals surface area contributed by atoms with Gasteiger partial charge in [0.05, 0.1) is 10.6 Å². The van der Waals surface area contributed by atoms with E-state index in [-0.39, 0.29) is 5.56 Å². The third-order valence-corrected chi connectivity index (χ3v) is 2.98. The number of nitrogens with one attached hydrogen (secondary N) is 1. The average molecular weight is 320 g/mol. The second kappa shape index (κ2) is 6.91. The van der Waals surface area contributed by atoms with Gasteiger partial charge in [-0.25, -0.2) is 9.78 Å². The third kappa shape index (κ3) is 4.20. The van der Waals surface area contributed by atoms with Crippen LogP contribution in [0.25, 0.3) is 0 Å². The quantitative estimate of drug-likeness (QED) is 0.667. The number of rotatable bonds is 4. The Bertz CT molecular complexity index is 689. The van der Waals surface area contributed by atoms with Crippen LogP contribution < -0.4 is 11.1 Å². The summed E-state index contributed by atoms with van der Waals surface area (Å²) in [7, 11) is 0. The second-order valence-corrected chi connectivity index (χ2v) is 4.96. The lowest BCUT2D eigenvalue weighted by Gasteiger charge is -2.13. The molecule has 1 atom stereocenters. The Morgan fingerprint density at radius 3 is 2.73 bits per heavy atom. The summed E-state index contributed by atoms with van der Waals surface area (Å²) in [5.41, 5.74) is 6.32. The number of halogens is 1. The number of esters is 1. The largest absolute Gasteiger partial charge is 0.449 e. The molecule has 114 valence electrons. The highest BCUT2D eigenvalue weighted by atomic mass is 35.5. The molecule has 1 amide bonds. The minimum absolute atomic E-state index is 0.282. The van der Waals surface area contributed by atoms with Crippen LogP contribution in [0.4, 0.5) is 11.5 Å². The van der Waals surface area contributed by atoms with Crippen LogP contribution in [0.1, 0.15) is 17.3 Å². The van der Waals surface area contributed by atoms with E-state index in [9.17, 15) is 9.59 Å². The number of nitrogens with zero attached hydrogens (tertiary/aromatic N) is 1. The first-order valence-corrected chi connectivity index (χ1v) is 6.82. The molecule has 0 aliphatic carbocycles. The zero-order valence-electron chi connectivity index (χ0n) is 11.7. The first kappa shape index (κ1) is 15.8. The number of ether oxygens (including phenoxy) is 1. The van der Waals surface area contributed by atoms with Crippen molar-refractivity contribution in [3.8, 4) is 0 Å². The summed E-state index contributed by atoms with van der Waals surface area (Å²) in [6.45, 7) is 1.47. The Balaban J connectivity index is 1.96. The van der Waals surface area contributed by atoms with Gasteiger partial charge in [0.2, 0.25) is 0 Å². The number of amides is 1. The molecule has 0 saturated carbocycles. The van der Waals surface area contributed by atoms with E-state index in [2.05, 4.69) is 10.3 Å². The highest BCUT2D eigenvalue weighted by Crippen LogP contribution is 2.12. The number of nitrogen functional groups attached to an aromatic ring is 1. The molecule has 1 unspecified atom stereocenters. The minimum Gasteiger partial charge on any atom is -0.449 e.